The zero-order valence-corrected chi connectivity index (χ0v) is 12.6. The zero-order valence-electron chi connectivity index (χ0n) is 12.6. The molecule has 0 bridgehead atoms. The highest BCUT2D eigenvalue weighted by atomic mass is 19.1. The minimum atomic E-state index is -0.334. The number of urea groups is 1. The summed E-state index contributed by atoms with van der Waals surface area (Å²) in [5.74, 6) is -0.474. The molecule has 0 radical (unpaired) electrons. The van der Waals surface area contributed by atoms with Gasteiger partial charge in [0, 0.05) is 38.4 Å². The maximum Gasteiger partial charge on any atom is 0.317 e. The van der Waals surface area contributed by atoms with Crippen LogP contribution in [0, 0.1) is 5.82 Å². The summed E-state index contributed by atoms with van der Waals surface area (Å²) in [5, 5.41) is 5.50. The number of carbonyl (C=O) groups is 2. The van der Waals surface area contributed by atoms with Gasteiger partial charge in [-0.25, -0.2) is 9.18 Å². The fourth-order valence-corrected chi connectivity index (χ4v) is 2.31. The molecule has 1 heterocycles. The molecule has 120 valence electrons. The Balaban J connectivity index is 1.74. The van der Waals surface area contributed by atoms with Crippen LogP contribution in [-0.4, -0.2) is 61.0 Å². The van der Waals surface area contributed by atoms with Gasteiger partial charge in [0.15, 0.2) is 0 Å². The van der Waals surface area contributed by atoms with Crippen molar-refractivity contribution in [3.05, 3.63) is 30.1 Å². The van der Waals surface area contributed by atoms with Gasteiger partial charge in [0.1, 0.15) is 5.82 Å². The van der Waals surface area contributed by atoms with Crippen molar-refractivity contribution in [1.29, 1.82) is 0 Å². The van der Waals surface area contributed by atoms with Gasteiger partial charge in [-0.2, -0.15) is 0 Å². The van der Waals surface area contributed by atoms with Crippen molar-refractivity contribution in [2.75, 3.05) is 44.6 Å². The Kier molecular flexibility index (Phi) is 5.71. The van der Waals surface area contributed by atoms with Crippen molar-refractivity contribution < 1.29 is 14.0 Å². The lowest BCUT2D eigenvalue weighted by Gasteiger charge is -2.34. The van der Waals surface area contributed by atoms with Crippen LogP contribution in [-0.2, 0) is 4.79 Å². The van der Waals surface area contributed by atoms with E-state index < -0.39 is 0 Å². The Labute approximate surface area is 129 Å². The van der Waals surface area contributed by atoms with Crippen molar-refractivity contribution in [1.82, 2.24) is 15.1 Å². The van der Waals surface area contributed by atoms with Crippen LogP contribution in [0.1, 0.15) is 6.92 Å². The molecule has 1 saturated heterocycles. The van der Waals surface area contributed by atoms with Crippen LogP contribution in [0.15, 0.2) is 24.3 Å². The highest BCUT2D eigenvalue weighted by Gasteiger charge is 2.21. The summed E-state index contributed by atoms with van der Waals surface area (Å²) in [4.78, 5) is 27.4. The van der Waals surface area contributed by atoms with Crippen molar-refractivity contribution in [2.45, 2.75) is 6.92 Å². The predicted molar refractivity (Wildman–Crippen MR) is 82.1 cm³/mol. The van der Waals surface area contributed by atoms with E-state index in [9.17, 15) is 14.0 Å². The number of nitrogens with one attached hydrogen (secondary N) is 2. The van der Waals surface area contributed by atoms with Crippen molar-refractivity contribution >= 4 is 17.6 Å². The summed E-state index contributed by atoms with van der Waals surface area (Å²) < 4.78 is 12.8. The molecule has 1 fully saturated rings. The maximum absolute atomic E-state index is 12.8. The highest BCUT2D eigenvalue weighted by Crippen LogP contribution is 2.08. The van der Waals surface area contributed by atoms with Crippen LogP contribution in [0.3, 0.4) is 0 Å². The maximum atomic E-state index is 12.8. The standard InChI is InChI=1S/C15H21FN4O2/c1-2-17-15(22)20-9-7-19(8-10-20)11-14(21)18-13-5-3-12(16)4-6-13/h3-6H,2,7-11H2,1H3,(H,17,22)(H,18,21). The van der Waals surface area contributed by atoms with Crippen molar-refractivity contribution in [2.24, 2.45) is 0 Å². The molecule has 7 heteroatoms. The van der Waals surface area contributed by atoms with E-state index in [1.54, 1.807) is 4.90 Å². The summed E-state index contributed by atoms with van der Waals surface area (Å²) in [7, 11) is 0. The normalized spacial score (nSPS) is 15.5. The monoisotopic (exact) mass is 308 g/mol. The SMILES string of the molecule is CCNC(=O)N1CCN(CC(=O)Nc2ccc(F)cc2)CC1. The van der Waals surface area contributed by atoms with Gasteiger partial charge in [-0.1, -0.05) is 0 Å². The van der Waals surface area contributed by atoms with Gasteiger partial charge in [0.2, 0.25) is 5.91 Å². The van der Waals surface area contributed by atoms with Gasteiger partial charge in [-0.05, 0) is 31.2 Å². The van der Waals surface area contributed by atoms with Crippen molar-refractivity contribution in [3.63, 3.8) is 0 Å². The lowest BCUT2D eigenvalue weighted by Crippen LogP contribution is -2.52. The first-order valence-electron chi connectivity index (χ1n) is 7.39. The molecule has 2 N–H and O–H groups in total. The quantitative estimate of drug-likeness (QED) is 0.876. The molecule has 1 aromatic carbocycles. The Bertz CT molecular complexity index is 513. The molecule has 1 aliphatic heterocycles. The molecular formula is C15H21FN4O2. The number of hydrogen-bond acceptors (Lipinski definition) is 3. The van der Waals surface area contributed by atoms with Gasteiger partial charge in [0.05, 0.1) is 6.54 Å². The average Bonchev–Trinajstić information content (AvgIpc) is 2.50. The molecular weight excluding hydrogens is 287 g/mol. The number of carbonyl (C=O) groups excluding carboxylic acids is 2. The van der Waals surface area contributed by atoms with Crippen LogP contribution < -0.4 is 10.6 Å². The first-order valence-corrected chi connectivity index (χ1v) is 7.39. The van der Waals surface area contributed by atoms with Crippen LogP contribution >= 0.6 is 0 Å². The fraction of sp³-hybridized carbons (Fsp3) is 0.467. The number of benzene rings is 1. The van der Waals surface area contributed by atoms with E-state index in [1.165, 1.54) is 24.3 Å². The summed E-state index contributed by atoms with van der Waals surface area (Å²) in [6, 6.07) is 5.61. The molecule has 0 unspecified atom stereocenters. The minimum absolute atomic E-state index is 0.0575. The second kappa shape index (κ2) is 7.74. The number of anilines is 1. The van der Waals surface area contributed by atoms with Crippen LogP contribution in [0.5, 0.6) is 0 Å². The third-order valence-electron chi connectivity index (χ3n) is 3.48. The van der Waals surface area contributed by atoms with E-state index in [0.29, 0.717) is 38.4 Å². The van der Waals surface area contributed by atoms with Gasteiger partial charge in [-0.15, -0.1) is 0 Å². The van der Waals surface area contributed by atoms with Gasteiger partial charge in [0.25, 0.3) is 0 Å². The molecule has 0 aliphatic carbocycles. The summed E-state index contributed by atoms with van der Waals surface area (Å²) in [6.07, 6.45) is 0. The lowest BCUT2D eigenvalue weighted by molar-refractivity contribution is -0.117. The summed E-state index contributed by atoms with van der Waals surface area (Å²) in [6.45, 7) is 5.29. The summed E-state index contributed by atoms with van der Waals surface area (Å²) >= 11 is 0. The minimum Gasteiger partial charge on any atom is -0.338 e. The Morgan fingerprint density at radius 2 is 1.77 bits per heavy atom. The van der Waals surface area contributed by atoms with Crippen LogP contribution in [0.4, 0.5) is 14.9 Å². The number of halogens is 1. The van der Waals surface area contributed by atoms with Gasteiger partial charge >= 0.3 is 6.03 Å². The molecule has 6 nitrogen and oxygen atoms in total. The molecule has 0 saturated carbocycles. The number of hydrogen-bond donors (Lipinski definition) is 2. The van der Waals surface area contributed by atoms with Gasteiger partial charge in [-0.3, -0.25) is 9.69 Å². The second-order valence-electron chi connectivity index (χ2n) is 5.15. The molecule has 1 aromatic rings. The first-order chi connectivity index (χ1) is 10.6. The molecule has 1 aliphatic rings. The van der Waals surface area contributed by atoms with E-state index in [0.717, 1.165) is 0 Å². The van der Waals surface area contributed by atoms with Gasteiger partial charge < -0.3 is 15.5 Å². The topological polar surface area (TPSA) is 64.7 Å². The van der Waals surface area contributed by atoms with E-state index in [1.807, 2.05) is 11.8 Å². The first kappa shape index (κ1) is 16.2. The zero-order chi connectivity index (χ0) is 15.9. The second-order valence-corrected chi connectivity index (χ2v) is 5.15. The number of piperazine rings is 1. The molecule has 2 rings (SSSR count). The molecule has 0 atom stereocenters. The van der Waals surface area contributed by atoms with E-state index in [4.69, 9.17) is 0 Å². The fourth-order valence-electron chi connectivity index (χ4n) is 2.31. The van der Waals surface area contributed by atoms with E-state index in [2.05, 4.69) is 10.6 Å². The highest BCUT2D eigenvalue weighted by molar-refractivity contribution is 5.92. The predicted octanol–water partition coefficient (Wildman–Crippen LogP) is 1.11. The molecule has 22 heavy (non-hydrogen) atoms. The third kappa shape index (κ3) is 4.70. The third-order valence-corrected chi connectivity index (χ3v) is 3.48. The number of rotatable bonds is 4. The van der Waals surface area contributed by atoms with Crippen molar-refractivity contribution in [3.8, 4) is 0 Å². The Morgan fingerprint density at radius 3 is 2.36 bits per heavy atom. The Morgan fingerprint density at radius 1 is 1.14 bits per heavy atom. The molecule has 0 aromatic heterocycles. The number of nitrogens with zero attached hydrogens (tertiary/aromatic N) is 2. The van der Waals surface area contributed by atoms with Crippen LogP contribution in [0.2, 0.25) is 0 Å². The number of amides is 3. The lowest BCUT2D eigenvalue weighted by atomic mass is 10.3. The Hall–Kier alpha value is -2.15. The molecule has 3 amide bonds. The van der Waals surface area contributed by atoms with E-state index >= 15 is 0 Å². The average molecular weight is 308 g/mol. The van der Waals surface area contributed by atoms with E-state index in [-0.39, 0.29) is 24.3 Å². The molecule has 0 spiro atoms. The smallest absolute Gasteiger partial charge is 0.317 e. The van der Waals surface area contributed by atoms with Crippen LogP contribution in [0.25, 0.3) is 0 Å². The largest absolute Gasteiger partial charge is 0.338 e. The summed E-state index contributed by atoms with van der Waals surface area (Å²) in [5.41, 5.74) is 0.576.